The lowest BCUT2D eigenvalue weighted by atomic mass is 9.90. The van der Waals surface area contributed by atoms with Crippen LogP contribution in [0.2, 0.25) is 25.7 Å². The summed E-state index contributed by atoms with van der Waals surface area (Å²) in [6, 6.07) is 10.8. The Hall–Kier alpha value is -2.43. The van der Waals surface area contributed by atoms with Crippen molar-refractivity contribution in [1.82, 2.24) is 19.8 Å². The maximum Gasteiger partial charge on any atom is 0.401 e. The smallest absolute Gasteiger partial charge is 0.378 e. The van der Waals surface area contributed by atoms with Crippen LogP contribution in [-0.2, 0) is 12.8 Å². The summed E-state index contributed by atoms with van der Waals surface area (Å²) in [5.74, 6) is 0. The third kappa shape index (κ3) is 6.71. The largest absolute Gasteiger partial charge is 0.401 e. The van der Waals surface area contributed by atoms with Gasteiger partial charge in [0.05, 0.1) is 42.9 Å². The molecule has 2 atom stereocenters. The predicted octanol–water partition coefficient (Wildman–Crippen LogP) is 6.80. The van der Waals surface area contributed by atoms with Crippen molar-refractivity contribution >= 4 is 24.7 Å². The number of halogens is 4. The number of likely N-dealkylation sites (tertiary alicyclic amines) is 1. The molecule has 2 N–H and O–H groups in total. The Morgan fingerprint density at radius 3 is 2.55 bits per heavy atom. The lowest BCUT2D eigenvalue weighted by Crippen LogP contribution is -2.54. The average molecular weight is 576 g/mol. The van der Waals surface area contributed by atoms with E-state index in [1.54, 1.807) is 6.20 Å². The van der Waals surface area contributed by atoms with Crippen molar-refractivity contribution < 1.29 is 17.6 Å². The number of aromatic amines is 1. The Balaban J connectivity index is 1.42. The molecule has 2 aliphatic rings. The predicted molar refractivity (Wildman–Crippen MR) is 157 cm³/mol. The molecule has 0 amide bonds. The van der Waals surface area contributed by atoms with Gasteiger partial charge in [0.2, 0.25) is 0 Å². The van der Waals surface area contributed by atoms with E-state index in [1.165, 1.54) is 16.5 Å². The van der Waals surface area contributed by atoms with E-state index in [0.29, 0.717) is 18.5 Å². The summed E-state index contributed by atoms with van der Waals surface area (Å²) in [5.41, 5.74) is 5.61. The molecule has 40 heavy (non-hydrogen) atoms. The minimum atomic E-state index is -4.32. The molecule has 0 spiro atoms. The lowest BCUT2D eigenvalue weighted by molar-refractivity contribution is -0.155. The van der Waals surface area contributed by atoms with E-state index in [9.17, 15) is 17.6 Å². The van der Waals surface area contributed by atoms with Gasteiger partial charge in [-0.1, -0.05) is 31.8 Å². The molecule has 1 fully saturated rings. The number of anilines is 1. The van der Waals surface area contributed by atoms with E-state index in [0.717, 1.165) is 53.9 Å². The zero-order valence-electron chi connectivity index (χ0n) is 23.9. The Bertz CT molecular complexity index is 1290. The first-order valence-electron chi connectivity index (χ1n) is 14.4. The number of rotatable bonds is 10. The van der Waals surface area contributed by atoms with Crippen molar-refractivity contribution in [3.8, 4) is 0 Å². The highest BCUT2D eigenvalue weighted by Gasteiger charge is 2.42. The first kappa shape index (κ1) is 29.1. The first-order valence-corrected chi connectivity index (χ1v) is 18.1. The summed E-state index contributed by atoms with van der Waals surface area (Å²) in [6.45, 7) is 10.2. The number of nitrogens with zero attached hydrogens (tertiary/aromatic N) is 3. The maximum absolute atomic E-state index is 13.8. The summed E-state index contributed by atoms with van der Waals surface area (Å²) < 4.78 is 53.7. The van der Waals surface area contributed by atoms with Gasteiger partial charge in [-0.2, -0.15) is 13.2 Å². The second kappa shape index (κ2) is 11.4. The number of hydrogen-bond acceptors (Lipinski definition) is 4. The number of aryl methyl sites for hydroxylation is 1. The molecule has 0 bridgehead atoms. The Morgan fingerprint density at radius 1 is 1.12 bits per heavy atom. The molecule has 218 valence electrons. The highest BCUT2D eigenvalue weighted by molar-refractivity contribution is 6.76. The van der Waals surface area contributed by atoms with Crippen molar-refractivity contribution in [2.75, 3.05) is 38.2 Å². The van der Waals surface area contributed by atoms with Crippen molar-refractivity contribution in [3.05, 3.63) is 59.0 Å². The molecular formula is C30H41F4N5Si. The zero-order valence-corrected chi connectivity index (χ0v) is 24.9. The Labute approximate surface area is 235 Å². The lowest BCUT2D eigenvalue weighted by Gasteiger charge is -2.41. The number of pyridine rings is 1. The van der Waals surface area contributed by atoms with Gasteiger partial charge in [0, 0.05) is 50.3 Å². The van der Waals surface area contributed by atoms with Crippen LogP contribution in [0.1, 0.15) is 41.9 Å². The average Bonchev–Trinajstić information content (AvgIpc) is 3.21. The number of fused-ring (bicyclic) bond motifs is 3. The molecule has 2 aliphatic heterocycles. The van der Waals surface area contributed by atoms with Crippen LogP contribution in [0.25, 0.3) is 10.9 Å². The van der Waals surface area contributed by atoms with Crippen molar-refractivity contribution in [1.29, 1.82) is 0 Å². The number of alkyl halides is 4. The highest BCUT2D eigenvalue weighted by atomic mass is 28.3. The van der Waals surface area contributed by atoms with Gasteiger partial charge in [0.25, 0.3) is 0 Å². The molecule has 5 rings (SSSR count). The van der Waals surface area contributed by atoms with Crippen LogP contribution in [0.3, 0.4) is 0 Å². The van der Waals surface area contributed by atoms with Crippen LogP contribution in [0.4, 0.5) is 23.2 Å². The van der Waals surface area contributed by atoms with Gasteiger partial charge in [0.15, 0.2) is 0 Å². The summed E-state index contributed by atoms with van der Waals surface area (Å²) in [7, 11) is -1.19. The quantitative estimate of drug-likeness (QED) is 0.206. The molecule has 0 unspecified atom stereocenters. The molecule has 0 radical (unpaired) electrons. The summed E-state index contributed by atoms with van der Waals surface area (Å²) in [6.07, 6.45) is -0.469. The molecule has 2 aromatic heterocycles. The molecule has 10 heteroatoms. The Morgan fingerprint density at radius 2 is 1.90 bits per heavy atom. The van der Waals surface area contributed by atoms with Crippen molar-refractivity contribution in [2.45, 2.75) is 76.2 Å². The monoisotopic (exact) mass is 575 g/mol. The fourth-order valence-corrected chi connectivity index (χ4v) is 7.10. The van der Waals surface area contributed by atoms with Crippen molar-refractivity contribution in [3.63, 3.8) is 0 Å². The van der Waals surface area contributed by atoms with Gasteiger partial charge in [-0.3, -0.25) is 19.2 Å². The minimum Gasteiger partial charge on any atom is -0.378 e. The van der Waals surface area contributed by atoms with E-state index in [2.05, 4.69) is 53.0 Å². The van der Waals surface area contributed by atoms with Gasteiger partial charge < -0.3 is 10.3 Å². The van der Waals surface area contributed by atoms with Crippen LogP contribution >= 0.6 is 0 Å². The SMILES string of the molecule is C[C@@H]1Cc2c([nH]c3ccc(CC[Si](C)(C)C)cc23)[C@@H](c2ccc(NC3CN(CCCF)C3)cn2)N1CC(F)(F)F. The molecule has 3 aromatic rings. The molecule has 1 saturated heterocycles. The van der Waals surface area contributed by atoms with Gasteiger partial charge >= 0.3 is 6.18 Å². The minimum absolute atomic E-state index is 0.263. The number of benzene rings is 1. The zero-order chi connectivity index (χ0) is 28.7. The molecular weight excluding hydrogens is 534 g/mol. The first-order chi connectivity index (χ1) is 18.9. The Kier molecular flexibility index (Phi) is 8.32. The van der Waals surface area contributed by atoms with Gasteiger partial charge in [-0.25, -0.2) is 0 Å². The van der Waals surface area contributed by atoms with Gasteiger partial charge in [-0.05, 0) is 61.6 Å². The van der Waals surface area contributed by atoms with Crippen LogP contribution in [0.5, 0.6) is 0 Å². The second-order valence-electron chi connectivity index (χ2n) is 12.8. The van der Waals surface area contributed by atoms with Crippen LogP contribution in [0, 0.1) is 0 Å². The molecule has 4 heterocycles. The van der Waals surface area contributed by atoms with E-state index < -0.39 is 26.8 Å². The normalized spacial score (nSPS) is 21.0. The number of H-pyrrole nitrogens is 1. The van der Waals surface area contributed by atoms with Gasteiger partial charge in [0.1, 0.15) is 0 Å². The molecule has 0 saturated carbocycles. The number of hydrogen-bond donors (Lipinski definition) is 2. The third-order valence-electron chi connectivity index (χ3n) is 8.20. The second-order valence-corrected chi connectivity index (χ2v) is 18.4. The van der Waals surface area contributed by atoms with Crippen LogP contribution in [0.15, 0.2) is 36.5 Å². The van der Waals surface area contributed by atoms with Crippen LogP contribution in [-0.4, -0.2) is 79.0 Å². The van der Waals surface area contributed by atoms with E-state index in [4.69, 9.17) is 4.98 Å². The summed E-state index contributed by atoms with van der Waals surface area (Å²) in [5, 5.41) is 4.56. The third-order valence-corrected chi connectivity index (χ3v) is 9.95. The number of aromatic nitrogens is 2. The fourth-order valence-electron chi connectivity index (χ4n) is 6.06. The van der Waals surface area contributed by atoms with Crippen molar-refractivity contribution in [2.24, 2.45) is 0 Å². The van der Waals surface area contributed by atoms with Crippen LogP contribution < -0.4 is 5.32 Å². The molecule has 0 aliphatic carbocycles. The fraction of sp³-hybridized carbons (Fsp3) is 0.567. The van der Waals surface area contributed by atoms with E-state index in [1.807, 2.05) is 19.1 Å². The van der Waals surface area contributed by atoms with Gasteiger partial charge in [-0.15, -0.1) is 0 Å². The molecule has 1 aromatic carbocycles. The number of nitrogens with one attached hydrogen (secondary N) is 2. The summed E-state index contributed by atoms with van der Waals surface area (Å²) in [4.78, 5) is 11.9. The summed E-state index contributed by atoms with van der Waals surface area (Å²) >= 11 is 0. The van der Waals surface area contributed by atoms with E-state index in [-0.39, 0.29) is 18.8 Å². The topological polar surface area (TPSA) is 47.2 Å². The standard InChI is InChI=1S/C30H41F4N5Si/c1-20-14-25-24-15-21(10-13-40(2,3)4)6-8-26(24)37-28(25)29(39(20)19-30(32,33)34)27-9-7-22(16-35-27)36-23-17-38(18-23)12-5-11-31/h6-9,15-16,20,23,29,36-37H,5,10-14,17-19H2,1-4H3/t20-,29-/m1/s1. The van der Waals surface area contributed by atoms with E-state index >= 15 is 0 Å². The molecule has 5 nitrogen and oxygen atoms in total. The maximum atomic E-state index is 13.8. The highest BCUT2D eigenvalue weighted by Crippen LogP contribution is 2.42.